The zero-order chi connectivity index (χ0) is 21.2. The first kappa shape index (κ1) is 22.5. The molecule has 1 saturated carbocycles. The van der Waals surface area contributed by atoms with E-state index in [1.165, 1.54) is 25.5 Å². The molecule has 2 aliphatic rings. The number of nitrogens with one attached hydrogen (secondary N) is 1. The summed E-state index contributed by atoms with van der Waals surface area (Å²) in [6.45, 7) is 6.63. The number of sulfonamides is 1. The molecule has 6 nitrogen and oxygen atoms in total. The minimum Gasteiger partial charge on any atom is -0.376 e. The minimum absolute atomic E-state index is 0.0132. The summed E-state index contributed by atoms with van der Waals surface area (Å²) in [5.41, 5.74) is 1.72. The van der Waals surface area contributed by atoms with Gasteiger partial charge in [0.15, 0.2) is 0 Å². The van der Waals surface area contributed by atoms with Gasteiger partial charge in [-0.05, 0) is 56.4 Å². The van der Waals surface area contributed by atoms with Crippen LogP contribution in [0.1, 0.15) is 82.5 Å². The Morgan fingerprint density at radius 2 is 1.86 bits per heavy atom. The average Bonchev–Trinajstić information content (AvgIpc) is 2.66. The molecule has 0 aromatic carbocycles. The van der Waals surface area contributed by atoms with E-state index in [1.54, 1.807) is 4.57 Å². The first-order chi connectivity index (χ1) is 13.7. The highest BCUT2D eigenvalue weighted by atomic mass is 32.2. The molecule has 164 valence electrons. The highest BCUT2D eigenvalue weighted by molar-refractivity contribution is 7.88. The van der Waals surface area contributed by atoms with Gasteiger partial charge in [0.05, 0.1) is 25.0 Å². The first-order valence-corrected chi connectivity index (χ1v) is 12.9. The summed E-state index contributed by atoms with van der Waals surface area (Å²) in [6, 6.07) is 3.30. The van der Waals surface area contributed by atoms with Gasteiger partial charge in [-0.2, -0.15) is 0 Å². The predicted molar refractivity (Wildman–Crippen MR) is 116 cm³/mol. The van der Waals surface area contributed by atoms with E-state index in [2.05, 4.69) is 11.6 Å². The van der Waals surface area contributed by atoms with Crippen LogP contribution in [0, 0.1) is 5.92 Å². The van der Waals surface area contributed by atoms with Gasteiger partial charge in [0, 0.05) is 17.3 Å². The van der Waals surface area contributed by atoms with Gasteiger partial charge < -0.3 is 9.30 Å². The first-order valence-electron chi connectivity index (χ1n) is 11.0. The van der Waals surface area contributed by atoms with Crippen molar-refractivity contribution in [2.45, 2.75) is 89.8 Å². The third-order valence-electron chi connectivity index (χ3n) is 6.60. The summed E-state index contributed by atoms with van der Waals surface area (Å²) >= 11 is 0. The smallest absolute Gasteiger partial charge is 0.254 e. The van der Waals surface area contributed by atoms with Crippen LogP contribution >= 0.6 is 0 Å². The Bertz CT molecular complexity index is 854. The zero-order valence-corrected chi connectivity index (χ0v) is 19.0. The van der Waals surface area contributed by atoms with Crippen molar-refractivity contribution in [1.29, 1.82) is 0 Å². The summed E-state index contributed by atoms with van der Waals surface area (Å²) < 4.78 is 34.7. The molecule has 0 spiro atoms. The second-order valence-electron chi connectivity index (χ2n) is 9.10. The molecule has 7 heteroatoms. The van der Waals surface area contributed by atoms with Gasteiger partial charge in [0.2, 0.25) is 10.0 Å². The molecular formula is C22H36N2O4S. The van der Waals surface area contributed by atoms with E-state index in [0.29, 0.717) is 19.4 Å². The lowest BCUT2D eigenvalue weighted by Crippen LogP contribution is -2.50. The van der Waals surface area contributed by atoms with Gasteiger partial charge in [-0.1, -0.05) is 33.3 Å². The van der Waals surface area contributed by atoms with Gasteiger partial charge in [-0.15, -0.1) is 0 Å². The molecule has 0 unspecified atom stereocenters. The fraction of sp³-hybridized carbons (Fsp3) is 0.773. The van der Waals surface area contributed by atoms with Crippen molar-refractivity contribution in [3.63, 3.8) is 0 Å². The Kier molecular flexibility index (Phi) is 7.23. The molecule has 0 bridgehead atoms. The molecule has 0 amide bonds. The number of ether oxygens (including phenoxy) is 1. The highest BCUT2D eigenvalue weighted by Crippen LogP contribution is 2.31. The molecule has 1 aliphatic carbocycles. The highest BCUT2D eigenvalue weighted by Gasteiger charge is 2.34. The summed E-state index contributed by atoms with van der Waals surface area (Å²) in [5.74, 6) is 0.913. The number of hydrogen-bond donors (Lipinski definition) is 1. The minimum atomic E-state index is -3.37. The number of nitrogens with zero attached hydrogens (tertiary/aromatic N) is 1. The maximum Gasteiger partial charge on any atom is 0.254 e. The van der Waals surface area contributed by atoms with Gasteiger partial charge in [0.1, 0.15) is 0 Å². The van der Waals surface area contributed by atoms with Crippen LogP contribution in [0.5, 0.6) is 0 Å². The van der Waals surface area contributed by atoms with E-state index in [1.807, 2.05) is 26.0 Å². The molecule has 1 aromatic rings. The van der Waals surface area contributed by atoms with Crippen molar-refractivity contribution in [1.82, 2.24) is 9.29 Å². The van der Waals surface area contributed by atoms with Crippen LogP contribution in [-0.2, 0) is 21.2 Å². The molecule has 0 saturated heterocycles. The lowest BCUT2D eigenvalue weighted by atomic mass is 9.86. The molecule has 2 heterocycles. The number of rotatable bonds is 7. The number of aryl methyl sites for hydroxylation is 1. The SMILES string of the molecule is CCC1CCC(OC[C@H]2[C@@H](NS(C)(=O)=O)CCc3ccc(C(C)C)c(=O)n32)CC1. The van der Waals surface area contributed by atoms with Crippen molar-refractivity contribution in [3.05, 3.63) is 33.7 Å². The average molecular weight is 425 g/mol. The van der Waals surface area contributed by atoms with Crippen LogP contribution in [0.25, 0.3) is 0 Å². The van der Waals surface area contributed by atoms with Gasteiger partial charge in [0.25, 0.3) is 5.56 Å². The summed E-state index contributed by atoms with van der Waals surface area (Å²) in [4.78, 5) is 13.2. The quantitative estimate of drug-likeness (QED) is 0.728. The van der Waals surface area contributed by atoms with E-state index in [9.17, 15) is 13.2 Å². The molecule has 0 radical (unpaired) electrons. The standard InChI is InChI=1S/C22H36N2O4S/c1-5-16-6-10-18(11-7-16)28-14-21-20(23-29(4,26)27)13-9-17-8-12-19(15(2)3)22(25)24(17)21/h8,12,15-16,18,20-21,23H,5-7,9-11,13-14H2,1-4H3/t16?,18?,20-,21-/m0/s1. The maximum absolute atomic E-state index is 13.2. The van der Waals surface area contributed by atoms with Crippen molar-refractivity contribution in [2.75, 3.05) is 12.9 Å². The fourth-order valence-corrected chi connectivity index (χ4v) is 5.66. The second-order valence-corrected chi connectivity index (χ2v) is 10.9. The van der Waals surface area contributed by atoms with Crippen molar-refractivity contribution in [2.24, 2.45) is 5.92 Å². The molecule has 1 fully saturated rings. The fourth-order valence-electron chi connectivity index (χ4n) is 4.83. The summed E-state index contributed by atoms with van der Waals surface area (Å²) in [5, 5.41) is 0. The Balaban J connectivity index is 1.85. The van der Waals surface area contributed by atoms with Gasteiger partial charge >= 0.3 is 0 Å². The van der Waals surface area contributed by atoms with E-state index in [4.69, 9.17) is 4.74 Å². The lowest BCUT2D eigenvalue weighted by molar-refractivity contribution is -0.00696. The number of pyridine rings is 1. The van der Waals surface area contributed by atoms with Crippen molar-refractivity contribution >= 4 is 10.0 Å². The van der Waals surface area contributed by atoms with Crippen LogP contribution in [0.4, 0.5) is 0 Å². The Morgan fingerprint density at radius 1 is 1.17 bits per heavy atom. The topological polar surface area (TPSA) is 77.4 Å². The van der Waals surface area contributed by atoms with E-state index in [-0.39, 0.29) is 29.7 Å². The normalized spacial score (nSPS) is 27.8. The molecule has 1 N–H and O–H groups in total. The molecule has 1 aromatic heterocycles. The largest absolute Gasteiger partial charge is 0.376 e. The molecule has 2 atom stereocenters. The second kappa shape index (κ2) is 9.31. The van der Waals surface area contributed by atoms with E-state index < -0.39 is 10.0 Å². The number of aromatic nitrogens is 1. The monoisotopic (exact) mass is 424 g/mol. The molecule has 29 heavy (non-hydrogen) atoms. The molecular weight excluding hydrogens is 388 g/mol. The zero-order valence-electron chi connectivity index (χ0n) is 18.2. The van der Waals surface area contributed by atoms with Crippen LogP contribution < -0.4 is 10.3 Å². The Hall–Kier alpha value is -1.18. The van der Waals surface area contributed by atoms with Crippen LogP contribution in [0.3, 0.4) is 0 Å². The lowest BCUT2D eigenvalue weighted by Gasteiger charge is -2.37. The van der Waals surface area contributed by atoms with Gasteiger partial charge in [-0.3, -0.25) is 4.79 Å². The van der Waals surface area contributed by atoms with Gasteiger partial charge in [-0.25, -0.2) is 13.1 Å². The maximum atomic E-state index is 13.2. The number of hydrogen-bond acceptors (Lipinski definition) is 4. The van der Waals surface area contributed by atoms with Crippen LogP contribution in [0.2, 0.25) is 0 Å². The van der Waals surface area contributed by atoms with E-state index >= 15 is 0 Å². The van der Waals surface area contributed by atoms with E-state index in [0.717, 1.165) is 30.0 Å². The molecule has 3 rings (SSSR count). The van der Waals surface area contributed by atoms with Crippen LogP contribution in [-0.4, -0.2) is 38.0 Å². The Morgan fingerprint density at radius 3 is 2.45 bits per heavy atom. The third-order valence-corrected chi connectivity index (χ3v) is 7.33. The van der Waals surface area contributed by atoms with Crippen molar-refractivity contribution < 1.29 is 13.2 Å². The van der Waals surface area contributed by atoms with Crippen LogP contribution in [0.15, 0.2) is 16.9 Å². The Labute approximate surface area is 175 Å². The summed E-state index contributed by atoms with van der Waals surface area (Å²) in [7, 11) is -3.37. The summed E-state index contributed by atoms with van der Waals surface area (Å²) in [6.07, 6.45) is 8.41. The molecule has 1 aliphatic heterocycles. The van der Waals surface area contributed by atoms with Crippen molar-refractivity contribution in [3.8, 4) is 0 Å². The predicted octanol–water partition coefficient (Wildman–Crippen LogP) is 3.36. The third kappa shape index (κ3) is 5.50. The number of fused-ring (bicyclic) bond motifs is 1.